The van der Waals surface area contributed by atoms with Crippen molar-refractivity contribution in [1.82, 2.24) is 0 Å². The predicted molar refractivity (Wildman–Crippen MR) is 130 cm³/mol. The third-order valence-electron chi connectivity index (χ3n) is 7.28. The number of ether oxygens (including phenoxy) is 1. The van der Waals surface area contributed by atoms with E-state index < -0.39 is 5.82 Å². The summed E-state index contributed by atoms with van der Waals surface area (Å²) in [5, 5.41) is 0. The third-order valence-corrected chi connectivity index (χ3v) is 7.28. The maximum atomic E-state index is 15.0. The van der Waals surface area contributed by atoms with Gasteiger partial charge in [0.15, 0.2) is 11.6 Å². The summed E-state index contributed by atoms with van der Waals surface area (Å²) in [5.74, 6) is 7.90. The quantitative estimate of drug-likeness (QED) is 0.336. The highest BCUT2D eigenvalue weighted by atomic mass is 19.1. The van der Waals surface area contributed by atoms with Crippen LogP contribution in [-0.4, -0.2) is 6.61 Å². The Morgan fingerprint density at radius 1 is 0.939 bits per heavy atom. The summed E-state index contributed by atoms with van der Waals surface area (Å²) < 4.78 is 34.6. The fraction of sp³-hybridized carbons (Fsp3) is 0.400. The molecule has 3 heteroatoms. The van der Waals surface area contributed by atoms with Crippen LogP contribution in [-0.2, 0) is 0 Å². The Morgan fingerprint density at radius 2 is 1.64 bits per heavy atom. The molecule has 2 saturated carbocycles. The molecule has 0 heterocycles. The van der Waals surface area contributed by atoms with Crippen LogP contribution in [0.1, 0.15) is 68.1 Å². The molecule has 4 atom stereocenters. The molecule has 2 aliphatic rings. The van der Waals surface area contributed by atoms with Gasteiger partial charge in [0.2, 0.25) is 0 Å². The van der Waals surface area contributed by atoms with Gasteiger partial charge in [-0.05, 0) is 105 Å². The molecule has 33 heavy (non-hydrogen) atoms. The lowest BCUT2D eigenvalue weighted by Crippen LogP contribution is -2.30. The maximum Gasteiger partial charge on any atom is 0.166 e. The van der Waals surface area contributed by atoms with Crippen LogP contribution in [0.25, 0.3) is 0 Å². The summed E-state index contributed by atoms with van der Waals surface area (Å²) in [6, 6.07) is 9.95. The highest BCUT2D eigenvalue weighted by molar-refractivity contribution is 5.46. The van der Waals surface area contributed by atoms with Crippen molar-refractivity contribution in [3.8, 4) is 17.6 Å². The predicted octanol–water partition coefficient (Wildman–Crippen LogP) is 7.81. The number of halogens is 2. The average Bonchev–Trinajstić information content (AvgIpc) is 2.83. The molecule has 4 unspecified atom stereocenters. The molecule has 4 rings (SSSR count). The lowest BCUT2D eigenvalue weighted by Gasteiger charge is -2.41. The van der Waals surface area contributed by atoms with Gasteiger partial charge in [0.1, 0.15) is 12.4 Å². The molecule has 2 aromatic rings. The van der Waals surface area contributed by atoms with E-state index in [2.05, 4.69) is 24.5 Å². The molecule has 0 aromatic heterocycles. The first kappa shape index (κ1) is 23.3. The first-order valence-corrected chi connectivity index (χ1v) is 12.0. The first-order valence-electron chi connectivity index (χ1n) is 12.0. The fourth-order valence-corrected chi connectivity index (χ4v) is 5.43. The Hall–Kier alpha value is -2.86. The van der Waals surface area contributed by atoms with Gasteiger partial charge in [-0.15, -0.1) is 6.58 Å². The molecule has 0 bridgehead atoms. The lowest BCUT2D eigenvalue weighted by molar-refractivity contribution is 0.132. The molecule has 0 saturated heterocycles. The van der Waals surface area contributed by atoms with Crippen LogP contribution in [0.15, 0.2) is 61.2 Å². The fourth-order valence-electron chi connectivity index (χ4n) is 5.43. The van der Waals surface area contributed by atoms with Crippen molar-refractivity contribution in [3.05, 3.63) is 89.5 Å². The second-order valence-electron chi connectivity index (χ2n) is 9.35. The Balaban J connectivity index is 1.41. The number of hydrogen-bond acceptors (Lipinski definition) is 1. The molecular formula is C30H32F2O. The molecule has 2 aromatic carbocycles. The average molecular weight is 447 g/mol. The zero-order valence-corrected chi connectivity index (χ0v) is 19.3. The molecular weight excluding hydrogens is 414 g/mol. The summed E-state index contributed by atoms with van der Waals surface area (Å²) in [6.07, 6.45) is 12.8. The number of rotatable bonds is 5. The van der Waals surface area contributed by atoms with E-state index in [1.807, 2.05) is 31.2 Å². The van der Waals surface area contributed by atoms with E-state index in [0.29, 0.717) is 29.6 Å². The van der Waals surface area contributed by atoms with E-state index in [1.165, 1.54) is 37.8 Å². The van der Waals surface area contributed by atoms with Crippen LogP contribution in [0.3, 0.4) is 0 Å². The van der Waals surface area contributed by atoms with E-state index in [-0.39, 0.29) is 17.5 Å². The number of fused-ring (bicyclic) bond motifs is 1. The van der Waals surface area contributed by atoms with Gasteiger partial charge in [-0.1, -0.05) is 36.1 Å². The Kier molecular flexibility index (Phi) is 7.65. The number of allylic oxidation sites excluding steroid dienone is 2. The summed E-state index contributed by atoms with van der Waals surface area (Å²) >= 11 is 0. The molecule has 0 N–H and O–H groups in total. The monoisotopic (exact) mass is 446 g/mol. The van der Waals surface area contributed by atoms with Gasteiger partial charge >= 0.3 is 0 Å². The Bertz CT molecular complexity index is 1070. The van der Waals surface area contributed by atoms with Gasteiger partial charge in [0, 0.05) is 11.1 Å². The Labute approximate surface area is 196 Å². The second-order valence-corrected chi connectivity index (χ2v) is 9.35. The molecule has 2 fully saturated rings. The molecule has 0 aliphatic heterocycles. The summed E-state index contributed by atoms with van der Waals surface area (Å²) in [5.41, 5.74) is 1.95. The van der Waals surface area contributed by atoms with Gasteiger partial charge in [-0.2, -0.15) is 0 Å². The van der Waals surface area contributed by atoms with E-state index >= 15 is 4.39 Å². The largest absolute Gasteiger partial charge is 0.486 e. The van der Waals surface area contributed by atoms with E-state index in [9.17, 15) is 4.39 Å². The third kappa shape index (κ3) is 5.74. The normalized spacial score (nSPS) is 24.6. The van der Waals surface area contributed by atoms with E-state index in [4.69, 9.17) is 4.74 Å². The second kappa shape index (κ2) is 10.8. The Morgan fingerprint density at radius 3 is 2.33 bits per heavy atom. The van der Waals surface area contributed by atoms with Crippen LogP contribution in [0.2, 0.25) is 0 Å². The van der Waals surface area contributed by atoms with Crippen molar-refractivity contribution < 1.29 is 13.5 Å². The van der Waals surface area contributed by atoms with Gasteiger partial charge in [-0.3, -0.25) is 0 Å². The SMILES string of the molecule is C=CC1CCC2CC(c3ccc(C#Cc4ccc(OC/C=C/C)c(F)c4)cc3F)CCC2C1. The maximum absolute atomic E-state index is 15.0. The summed E-state index contributed by atoms with van der Waals surface area (Å²) in [7, 11) is 0. The van der Waals surface area contributed by atoms with Crippen LogP contribution in [0.5, 0.6) is 5.75 Å². The molecule has 1 nitrogen and oxygen atoms in total. The summed E-state index contributed by atoms with van der Waals surface area (Å²) in [6.45, 7) is 6.18. The molecule has 0 radical (unpaired) electrons. The van der Waals surface area contributed by atoms with E-state index in [0.717, 1.165) is 24.3 Å². The van der Waals surface area contributed by atoms with Crippen LogP contribution in [0.4, 0.5) is 8.78 Å². The molecule has 172 valence electrons. The summed E-state index contributed by atoms with van der Waals surface area (Å²) in [4.78, 5) is 0. The van der Waals surface area contributed by atoms with Crippen molar-refractivity contribution in [2.24, 2.45) is 17.8 Å². The van der Waals surface area contributed by atoms with Crippen LogP contribution < -0.4 is 4.74 Å². The smallest absolute Gasteiger partial charge is 0.166 e. The van der Waals surface area contributed by atoms with E-state index in [1.54, 1.807) is 12.1 Å². The zero-order chi connectivity index (χ0) is 23.2. The number of benzene rings is 2. The topological polar surface area (TPSA) is 9.23 Å². The lowest BCUT2D eigenvalue weighted by atomic mass is 9.64. The van der Waals surface area contributed by atoms with Gasteiger partial charge in [0.25, 0.3) is 0 Å². The van der Waals surface area contributed by atoms with Crippen LogP contribution >= 0.6 is 0 Å². The van der Waals surface area contributed by atoms with Gasteiger partial charge in [-0.25, -0.2) is 8.78 Å². The van der Waals surface area contributed by atoms with Crippen molar-refractivity contribution >= 4 is 0 Å². The molecule has 0 spiro atoms. The minimum atomic E-state index is -0.453. The molecule has 2 aliphatic carbocycles. The zero-order valence-electron chi connectivity index (χ0n) is 19.3. The minimum absolute atomic E-state index is 0.177. The van der Waals surface area contributed by atoms with Crippen molar-refractivity contribution in [3.63, 3.8) is 0 Å². The van der Waals surface area contributed by atoms with Crippen molar-refractivity contribution in [2.45, 2.75) is 51.4 Å². The molecule has 0 amide bonds. The van der Waals surface area contributed by atoms with Crippen LogP contribution in [0, 0.1) is 41.2 Å². The van der Waals surface area contributed by atoms with Gasteiger partial charge in [0.05, 0.1) is 0 Å². The highest BCUT2D eigenvalue weighted by Crippen LogP contribution is 2.48. The minimum Gasteiger partial charge on any atom is -0.486 e. The highest BCUT2D eigenvalue weighted by Gasteiger charge is 2.35. The standard InChI is InChI=1S/C30H32F2O/c1-3-5-16-33-30-15-10-23(19-29(30)32)7-6-22-9-14-27(28(31)18-22)26-13-12-24-17-21(4-2)8-11-25(24)20-26/h3-5,9-10,14-15,18-19,21,24-26H,2,8,11-13,16-17,20H2,1H3/b5-3+. The first-order chi connectivity index (χ1) is 16.1. The van der Waals surface area contributed by atoms with Crippen molar-refractivity contribution in [1.29, 1.82) is 0 Å². The van der Waals surface area contributed by atoms with Crippen molar-refractivity contribution in [2.75, 3.05) is 6.61 Å². The van der Waals surface area contributed by atoms with Gasteiger partial charge < -0.3 is 4.74 Å². The number of hydrogen-bond donors (Lipinski definition) is 0.